The zero-order valence-electron chi connectivity index (χ0n) is 13.3. The minimum absolute atomic E-state index is 0.0690. The van der Waals surface area contributed by atoms with Crippen LogP contribution in [0.15, 0.2) is 24.3 Å². The van der Waals surface area contributed by atoms with Crippen molar-refractivity contribution in [2.75, 3.05) is 26.2 Å². The first-order valence-corrected chi connectivity index (χ1v) is 8.17. The van der Waals surface area contributed by atoms with Crippen molar-refractivity contribution in [1.29, 1.82) is 0 Å². The van der Waals surface area contributed by atoms with E-state index in [1.165, 1.54) is 12.1 Å². The molecule has 0 saturated carbocycles. The largest absolute Gasteiger partial charge is 0.353 e. The van der Waals surface area contributed by atoms with E-state index in [1.807, 2.05) is 6.92 Å². The van der Waals surface area contributed by atoms with E-state index in [0.29, 0.717) is 13.1 Å². The summed E-state index contributed by atoms with van der Waals surface area (Å²) in [6, 6.07) is 6.48. The summed E-state index contributed by atoms with van der Waals surface area (Å²) in [5.41, 5.74) is 1.05. The highest BCUT2D eigenvalue weighted by molar-refractivity contribution is 5.81. The van der Waals surface area contributed by atoms with E-state index >= 15 is 0 Å². The Morgan fingerprint density at radius 3 is 2.77 bits per heavy atom. The molecule has 1 aliphatic rings. The summed E-state index contributed by atoms with van der Waals surface area (Å²) in [7, 11) is 0. The molecule has 122 valence electrons. The maximum absolute atomic E-state index is 13.0. The van der Waals surface area contributed by atoms with Gasteiger partial charge in [-0.1, -0.05) is 25.5 Å². The van der Waals surface area contributed by atoms with Crippen LogP contribution in [0.25, 0.3) is 0 Å². The van der Waals surface area contributed by atoms with Gasteiger partial charge < -0.3 is 10.6 Å². The van der Waals surface area contributed by atoms with Gasteiger partial charge in [-0.15, -0.1) is 0 Å². The van der Waals surface area contributed by atoms with E-state index in [9.17, 15) is 9.18 Å². The van der Waals surface area contributed by atoms with Gasteiger partial charge in [-0.3, -0.25) is 9.69 Å². The fourth-order valence-electron chi connectivity index (χ4n) is 2.87. The Hall–Kier alpha value is -1.46. The van der Waals surface area contributed by atoms with Crippen molar-refractivity contribution in [2.24, 2.45) is 0 Å². The molecule has 0 aromatic heterocycles. The average Bonchev–Trinajstić information content (AvgIpc) is 2.54. The van der Waals surface area contributed by atoms with Crippen LogP contribution >= 0.6 is 0 Å². The van der Waals surface area contributed by atoms with Gasteiger partial charge in [-0.25, -0.2) is 4.39 Å². The van der Waals surface area contributed by atoms with Crippen LogP contribution in [0.3, 0.4) is 0 Å². The lowest BCUT2D eigenvalue weighted by atomic mass is 10.0. The molecule has 0 spiro atoms. The zero-order chi connectivity index (χ0) is 15.8. The second kappa shape index (κ2) is 8.86. The quantitative estimate of drug-likeness (QED) is 0.756. The number of carbonyl (C=O) groups is 1. The number of hydrogen-bond acceptors (Lipinski definition) is 3. The fraction of sp³-hybridized carbons (Fsp3) is 0.588. The number of nitrogens with one attached hydrogen (secondary N) is 2. The molecule has 5 heteroatoms. The summed E-state index contributed by atoms with van der Waals surface area (Å²) in [6.45, 7) is 6.04. The molecule has 2 N–H and O–H groups in total. The summed E-state index contributed by atoms with van der Waals surface area (Å²) >= 11 is 0. The Balaban J connectivity index is 1.89. The Morgan fingerprint density at radius 2 is 2.05 bits per heavy atom. The molecule has 0 bridgehead atoms. The molecule has 1 amide bonds. The van der Waals surface area contributed by atoms with Crippen molar-refractivity contribution in [3.05, 3.63) is 35.6 Å². The van der Waals surface area contributed by atoms with E-state index < -0.39 is 0 Å². The van der Waals surface area contributed by atoms with E-state index in [2.05, 4.69) is 15.5 Å². The lowest BCUT2D eigenvalue weighted by molar-refractivity contribution is -0.127. The monoisotopic (exact) mass is 307 g/mol. The molecular formula is C17H26FN3O. The van der Waals surface area contributed by atoms with Gasteiger partial charge in [0, 0.05) is 19.6 Å². The molecule has 22 heavy (non-hydrogen) atoms. The number of hydrogen-bond donors (Lipinski definition) is 2. The van der Waals surface area contributed by atoms with Crippen LogP contribution in [0, 0.1) is 5.82 Å². The summed E-state index contributed by atoms with van der Waals surface area (Å²) in [5, 5.41) is 6.21. The van der Waals surface area contributed by atoms with E-state index in [1.54, 1.807) is 12.1 Å². The van der Waals surface area contributed by atoms with Gasteiger partial charge in [-0.05, 0) is 43.6 Å². The third-order valence-electron chi connectivity index (χ3n) is 4.07. The van der Waals surface area contributed by atoms with Crippen molar-refractivity contribution in [1.82, 2.24) is 15.5 Å². The number of carbonyl (C=O) groups excluding carboxylic acids is 1. The maximum Gasteiger partial charge on any atom is 0.237 e. The topological polar surface area (TPSA) is 44.4 Å². The van der Waals surface area contributed by atoms with Gasteiger partial charge >= 0.3 is 0 Å². The third kappa shape index (κ3) is 5.07. The van der Waals surface area contributed by atoms with Crippen LogP contribution in [-0.2, 0) is 11.3 Å². The molecule has 0 radical (unpaired) electrons. The Bertz CT molecular complexity index is 463. The molecule has 1 unspecified atom stereocenters. The molecule has 1 heterocycles. The molecule has 1 fully saturated rings. The zero-order valence-corrected chi connectivity index (χ0v) is 13.3. The van der Waals surface area contributed by atoms with Gasteiger partial charge in [0.1, 0.15) is 5.82 Å². The number of amides is 1. The molecule has 2 rings (SSSR count). The fourth-order valence-corrected chi connectivity index (χ4v) is 2.87. The smallest absolute Gasteiger partial charge is 0.237 e. The van der Waals surface area contributed by atoms with Gasteiger partial charge in [-0.2, -0.15) is 0 Å². The Morgan fingerprint density at radius 1 is 1.27 bits per heavy atom. The maximum atomic E-state index is 13.0. The van der Waals surface area contributed by atoms with Crippen LogP contribution in [0.1, 0.15) is 31.7 Å². The molecule has 1 saturated heterocycles. The molecule has 1 aromatic carbocycles. The summed E-state index contributed by atoms with van der Waals surface area (Å²) < 4.78 is 13.0. The Kier molecular flexibility index (Phi) is 6.80. The predicted molar refractivity (Wildman–Crippen MR) is 86.0 cm³/mol. The van der Waals surface area contributed by atoms with E-state index in [4.69, 9.17) is 0 Å². The third-order valence-corrected chi connectivity index (χ3v) is 4.07. The van der Waals surface area contributed by atoms with Crippen molar-refractivity contribution in [3.63, 3.8) is 0 Å². The number of piperidine rings is 1. The lowest BCUT2D eigenvalue weighted by Crippen LogP contribution is -2.50. The van der Waals surface area contributed by atoms with Gasteiger partial charge in [0.15, 0.2) is 0 Å². The van der Waals surface area contributed by atoms with Crippen molar-refractivity contribution in [3.8, 4) is 0 Å². The van der Waals surface area contributed by atoms with Crippen LogP contribution in [0.2, 0.25) is 0 Å². The molecule has 4 nitrogen and oxygen atoms in total. The minimum atomic E-state index is -0.222. The normalized spacial score (nSPS) is 19.1. The van der Waals surface area contributed by atoms with E-state index in [-0.39, 0.29) is 17.8 Å². The number of nitrogens with zero attached hydrogens (tertiary/aromatic N) is 1. The molecule has 1 aromatic rings. The summed E-state index contributed by atoms with van der Waals surface area (Å²) in [4.78, 5) is 14.6. The van der Waals surface area contributed by atoms with Crippen LogP contribution in [-0.4, -0.2) is 43.0 Å². The SMILES string of the molecule is CCNCCNC(=O)C1CCCCN1Cc1ccc(F)cc1. The number of halogens is 1. The van der Waals surface area contributed by atoms with Crippen molar-refractivity contribution >= 4 is 5.91 Å². The highest BCUT2D eigenvalue weighted by Gasteiger charge is 2.28. The van der Waals surface area contributed by atoms with Gasteiger partial charge in [0.2, 0.25) is 5.91 Å². The van der Waals surface area contributed by atoms with E-state index in [0.717, 1.165) is 44.5 Å². The first kappa shape index (κ1) is 16.9. The van der Waals surface area contributed by atoms with Crippen molar-refractivity contribution in [2.45, 2.75) is 38.8 Å². The van der Waals surface area contributed by atoms with Crippen molar-refractivity contribution < 1.29 is 9.18 Å². The highest BCUT2D eigenvalue weighted by Crippen LogP contribution is 2.20. The second-order valence-corrected chi connectivity index (χ2v) is 5.75. The lowest BCUT2D eigenvalue weighted by Gasteiger charge is -2.34. The summed E-state index contributed by atoms with van der Waals surface area (Å²) in [5.74, 6) is -0.111. The Labute approximate surface area is 132 Å². The number of likely N-dealkylation sites (N-methyl/N-ethyl adjacent to an activating group) is 1. The minimum Gasteiger partial charge on any atom is -0.353 e. The summed E-state index contributed by atoms with van der Waals surface area (Å²) in [6.07, 6.45) is 3.10. The molecular weight excluding hydrogens is 281 g/mol. The van der Waals surface area contributed by atoms with Gasteiger partial charge in [0.05, 0.1) is 6.04 Å². The van der Waals surface area contributed by atoms with Crippen LogP contribution in [0.4, 0.5) is 4.39 Å². The number of rotatable bonds is 7. The standard InChI is InChI=1S/C17H26FN3O/c1-2-19-10-11-20-17(22)16-5-3-4-12-21(16)13-14-6-8-15(18)9-7-14/h6-9,16,19H,2-5,10-13H2,1H3,(H,20,22). The molecule has 0 aliphatic carbocycles. The first-order chi connectivity index (χ1) is 10.7. The van der Waals surface area contributed by atoms with Gasteiger partial charge in [0.25, 0.3) is 0 Å². The first-order valence-electron chi connectivity index (χ1n) is 8.17. The predicted octanol–water partition coefficient (Wildman–Crippen LogP) is 1.91. The van der Waals surface area contributed by atoms with Crippen LogP contribution in [0.5, 0.6) is 0 Å². The molecule has 1 aliphatic heterocycles. The highest BCUT2D eigenvalue weighted by atomic mass is 19.1. The molecule has 1 atom stereocenters. The average molecular weight is 307 g/mol. The number of likely N-dealkylation sites (tertiary alicyclic amines) is 1. The second-order valence-electron chi connectivity index (χ2n) is 5.75. The van der Waals surface area contributed by atoms with Crippen LogP contribution < -0.4 is 10.6 Å². The number of benzene rings is 1.